The van der Waals surface area contributed by atoms with E-state index < -0.39 is 5.60 Å². The van der Waals surface area contributed by atoms with Crippen LogP contribution in [0.2, 0.25) is 0 Å². The monoisotopic (exact) mass is 296 g/mol. The van der Waals surface area contributed by atoms with Crippen LogP contribution >= 0.6 is 11.3 Å². The smallest absolute Gasteiger partial charge is 0.107 e. The summed E-state index contributed by atoms with van der Waals surface area (Å²) in [6.07, 6.45) is 2.58. The zero-order valence-corrected chi connectivity index (χ0v) is 14.3. The van der Waals surface area contributed by atoms with E-state index in [4.69, 9.17) is 4.98 Å². The van der Waals surface area contributed by atoms with Gasteiger partial charge in [0.05, 0.1) is 22.7 Å². The van der Waals surface area contributed by atoms with E-state index >= 15 is 0 Å². The van der Waals surface area contributed by atoms with Crippen LogP contribution < -0.4 is 0 Å². The Labute approximate surface area is 127 Å². The van der Waals surface area contributed by atoms with Gasteiger partial charge in [0.2, 0.25) is 0 Å². The summed E-state index contributed by atoms with van der Waals surface area (Å²) in [5, 5.41) is 11.5. The highest BCUT2D eigenvalue weighted by Crippen LogP contribution is 2.34. The van der Waals surface area contributed by atoms with Crippen molar-refractivity contribution in [3.05, 3.63) is 15.6 Å². The third kappa shape index (κ3) is 3.80. The normalized spacial score (nSPS) is 18.9. The van der Waals surface area contributed by atoms with Crippen LogP contribution in [-0.2, 0) is 12.1 Å². The number of rotatable bonds is 4. The van der Waals surface area contributed by atoms with Gasteiger partial charge in [-0.2, -0.15) is 0 Å². The average molecular weight is 296 g/mol. The molecule has 1 aromatic rings. The number of hydrogen-bond acceptors (Lipinski definition) is 4. The molecule has 1 aliphatic rings. The largest absolute Gasteiger partial charge is 0.385 e. The van der Waals surface area contributed by atoms with Crippen molar-refractivity contribution in [3.63, 3.8) is 0 Å². The molecule has 0 radical (unpaired) electrons. The Morgan fingerprint density at radius 1 is 1.35 bits per heavy atom. The molecule has 0 spiro atoms. The molecular weight excluding hydrogens is 268 g/mol. The SMILES string of the molecule is CC1CCN(Cc2nc(C(C)C)c(C(C)(C)O)s2)CC1. The molecule has 2 rings (SSSR count). The summed E-state index contributed by atoms with van der Waals surface area (Å²) in [5.74, 6) is 1.23. The van der Waals surface area contributed by atoms with Crippen molar-refractivity contribution in [1.82, 2.24) is 9.88 Å². The molecule has 2 heterocycles. The zero-order valence-electron chi connectivity index (χ0n) is 13.4. The third-order valence-corrected chi connectivity index (χ3v) is 5.40. The van der Waals surface area contributed by atoms with Crippen molar-refractivity contribution < 1.29 is 5.11 Å². The number of aliphatic hydroxyl groups is 1. The molecule has 4 heteroatoms. The summed E-state index contributed by atoms with van der Waals surface area (Å²) in [7, 11) is 0. The Balaban J connectivity index is 2.13. The molecule has 0 saturated carbocycles. The summed E-state index contributed by atoms with van der Waals surface area (Å²) >= 11 is 1.69. The second-order valence-electron chi connectivity index (χ2n) is 6.99. The highest BCUT2D eigenvalue weighted by Gasteiger charge is 2.27. The lowest BCUT2D eigenvalue weighted by atomic mass is 9.99. The van der Waals surface area contributed by atoms with E-state index in [-0.39, 0.29) is 0 Å². The molecule has 0 aliphatic carbocycles. The first-order valence-electron chi connectivity index (χ1n) is 7.72. The summed E-state index contributed by atoms with van der Waals surface area (Å²) in [5.41, 5.74) is 0.286. The van der Waals surface area contributed by atoms with Crippen LogP contribution in [0.15, 0.2) is 0 Å². The molecule has 3 nitrogen and oxygen atoms in total. The number of likely N-dealkylation sites (tertiary alicyclic amines) is 1. The highest BCUT2D eigenvalue weighted by molar-refractivity contribution is 7.11. The van der Waals surface area contributed by atoms with E-state index in [9.17, 15) is 5.11 Å². The molecule has 0 bridgehead atoms. The number of hydrogen-bond donors (Lipinski definition) is 1. The van der Waals surface area contributed by atoms with E-state index in [1.165, 1.54) is 25.9 Å². The third-order valence-electron chi connectivity index (χ3n) is 4.04. The van der Waals surface area contributed by atoms with Gasteiger partial charge in [0.25, 0.3) is 0 Å². The van der Waals surface area contributed by atoms with Gasteiger partial charge in [0.1, 0.15) is 5.01 Å². The topological polar surface area (TPSA) is 36.4 Å². The molecule has 114 valence electrons. The van der Waals surface area contributed by atoms with Crippen LogP contribution in [0.25, 0.3) is 0 Å². The Hall–Kier alpha value is -0.450. The first kappa shape index (κ1) is 15.9. The van der Waals surface area contributed by atoms with Crippen LogP contribution in [-0.4, -0.2) is 28.1 Å². The molecule has 1 aromatic heterocycles. The second kappa shape index (κ2) is 6.12. The summed E-state index contributed by atoms with van der Waals surface area (Å²) in [4.78, 5) is 8.34. The molecule has 1 N–H and O–H groups in total. The van der Waals surface area contributed by atoms with Gasteiger partial charge in [-0.05, 0) is 51.6 Å². The molecule has 20 heavy (non-hydrogen) atoms. The standard InChI is InChI=1S/C16H28N2OS/c1-11(2)14-15(16(4,5)19)20-13(17-14)10-18-8-6-12(3)7-9-18/h11-12,19H,6-10H2,1-5H3. The first-order valence-corrected chi connectivity index (χ1v) is 8.54. The van der Waals surface area contributed by atoms with Crippen molar-refractivity contribution in [2.45, 2.75) is 65.5 Å². The van der Waals surface area contributed by atoms with Gasteiger partial charge in [0, 0.05) is 0 Å². The Kier molecular flexibility index (Phi) is 4.88. The number of nitrogens with zero attached hydrogens (tertiary/aromatic N) is 2. The van der Waals surface area contributed by atoms with Crippen molar-refractivity contribution in [2.75, 3.05) is 13.1 Å². The van der Waals surface area contributed by atoms with Crippen molar-refractivity contribution in [3.8, 4) is 0 Å². The average Bonchev–Trinajstić information content (AvgIpc) is 2.76. The molecule has 0 amide bonds. The van der Waals surface area contributed by atoms with Crippen molar-refractivity contribution >= 4 is 11.3 Å². The van der Waals surface area contributed by atoms with Crippen molar-refractivity contribution in [1.29, 1.82) is 0 Å². The minimum Gasteiger partial charge on any atom is -0.385 e. The number of thiazole rings is 1. The maximum Gasteiger partial charge on any atom is 0.107 e. The van der Waals surface area contributed by atoms with Gasteiger partial charge >= 0.3 is 0 Å². The van der Waals surface area contributed by atoms with E-state index in [1.807, 2.05) is 13.8 Å². The first-order chi connectivity index (χ1) is 9.27. The number of piperidine rings is 1. The van der Waals surface area contributed by atoms with Gasteiger partial charge in [0.15, 0.2) is 0 Å². The van der Waals surface area contributed by atoms with Crippen LogP contribution in [0.4, 0.5) is 0 Å². The highest BCUT2D eigenvalue weighted by atomic mass is 32.1. The summed E-state index contributed by atoms with van der Waals surface area (Å²) in [6.45, 7) is 13.6. The Bertz CT molecular complexity index is 440. The Morgan fingerprint density at radius 3 is 2.40 bits per heavy atom. The molecule has 1 aliphatic heterocycles. The second-order valence-corrected chi connectivity index (χ2v) is 8.08. The van der Waals surface area contributed by atoms with Gasteiger partial charge < -0.3 is 5.11 Å². The summed E-state index contributed by atoms with van der Waals surface area (Å²) in [6, 6.07) is 0. The van der Waals surface area contributed by atoms with Crippen molar-refractivity contribution in [2.24, 2.45) is 5.92 Å². The van der Waals surface area contributed by atoms with E-state index in [0.717, 1.165) is 28.0 Å². The molecular formula is C16H28N2OS. The fourth-order valence-corrected chi connectivity index (χ4v) is 3.95. The van der Waals surface area contributed by atoms with E-state index in [1.54, 1.807) is 11.3 Å². The molecule has 1 fully saturated rings. The van der Waals surface area contributed by atoms with Gasteiger partial charge in [-0.15, -0.1) is 11.3 Å². The fourth-order valence-electron chi connectivity index (χ4n) is 2.69. The lowest BCUT2D eigenvalue weighted by Gasteiger charge is -2.29. The molecule has 0 atom stereocenters. The minimum atomic E-state index is -0.786. The number of aromatic nitrogens is 1. The lowest BCUT2D eigenvalue weighted by molar-refractivity contribution is 0.0811. The quantitative estimate of drug-likeness (QED) is 0.920. The minimum absolute atomic E-state index is 0.364. The van der Waals surface area contributed by atoms with Crippen LogP contribution in [0.3, 0.4) is 0 Å². The van der Waals surface area contributed by atoms with E-state index in [0.29, 0.717) is 5.92 Å². The van der Waals surface area contributed by atoms with Gasteiger partial charge in [-0.3, -0.25) is 4.90 Å². The zero-order chi connectivity index (χ0) is 14.9. The lowest BCUT2D eigenvalue weighted by Crippen LogP contribution is -2.32. The Morgan fingerprint density at radius 2 is 1.95 bits per heavy atom. The van der Waals surface area contributed by atoms with Crippen LogP contribution in [0.1, 0.15) is 69.0 Å². The van der Waals surface area contributed by atoms with Crippen LogP contribution in [0, 0.1) is 5.92 Å². The molecule has 0 aromatic carbocycles. The summed E-state index contributed by atoms with van der Waals surface area (Å²) < 4.78 is 0. The molecule has 1 saturated heterocycles. The maximum atomic E-state index is 10.3. The van der Waals surface area contributed by atoms with Gasteiger partial charge in [-0.1, -0.05) is 20.8 Å². The van der Waals surface area contributed by atoms with E-state index in [2.05, 4.69) is 25.7 Å². The fraction of sp³-hybridized carbons (Fsp3) is 0.812. The predicted octanol–water partition coefficient (Wildman–Crippen LogP) is 3.73. The maximum absolute atomic E-state index is 10.3. The van der Waals surface area contributed by atoms with Crippen LogP contribution in [0.5, 0.6) is 0 Å². The predicted molar refractivity (Wildman–Crippen MR) is 85.1 cm³/mol. The van der Waals surface area contributed by atoms with Gasteiger partial charge in [-0.25, -0.2) is 4.98 Å². The molecule has 0 unspecified atom stereocenters.